The molecule has 0 bridgehead atoms. The molecule has 1 rings (SSSR count). The Balaban J connectivity index is 2.81. The number of rotatable bonds is 3. The van der Waals surface area contributed by atoms with Gasteiger partial charge >= 0.3 is 5.97 Å². The van der Waals surface area contributed by atoms with Crippen molar-refractivity contribution in [2.45, 2.75) is 13.3 Å². The Morgan fingerprint density at radius 2 is 2.31 bits per heavy atom. The summed E-state index contributed by atoms with van der Waals surface area (Å²) in [6.07, 6.45) is -0.299. The first-order valence-corrected chi connectivity index (χ1v) is 4.76. The Hall–Kier alpha value is -2.02. The Morgan fingerprint density at radius 1 is 1.56 bits per heavy atom. The Morgan fingerprint density at radius 3 is 2.88 bits per heavy atom. The first kappa shape index (κ1) is 12.1. The highest BCUT2D eigenvalue weighted by Gasteiger charge is 2.01. The topological polar surface area (TPSA) is 46.5 Å². The highest BCUT2D eigenvalue weighted by atomic mass is 19.1. The zero-order valence-corrected chi connectivity index (χ0v) is 8.79. The summed E-state index contributed by atoms with van der Waals surface area (Å²) in [5.41, 5.74) is 0.171. The molecule has 1 N–H and O–H groups in total. The molecule has 0 saturated carbocycles. The molecule has 0 aliphatic heterocycles. The van der Waals surface area contributed by atoms with Gasteiger partial charge in [0.05, 0.1) is 12.2 Å². The van der Waals surface area contributed by atoms with E-state index in [2.05, 4.69) is 11.8 Å². The van der Waals surface area contributed by atoms with Gasteiger partial charge in [0.15, 0.2) is 0 Å². The van der Waals surface area contributed by atoms with Gasteiger partial charge in [0, 0.05) is 6.07 Å². The zero-order valence-electron chi connectivity index (χ0n) is 8.79. The van der Waals surface area contributed by atoms with Crippen molar-refractivity contribution >= 4 is 5.97 Å². The van der Waals surface area contributed by atoms with Crippen LogP contribution in [0.3, 0.4) is 0 Å². The minimum Gasteiger partial charge on any atom is -0.494 e. The van der Waals surface area contributed by atoms with E-state index in [1.165, 1.54) is 12.1 Å². The van der Waals surface area contributed by atoms with E-state index in [4.69, 9.17) is 9.84 Å². The van der Waals surface area contributed by atoms with Crippen LogP contribution >= 0.6 is 0 Å². The average Bonchev–Trinajstić information content (AvgIpc) is 2.21. The van der Waals surface area contributed by atoms with Gasteiger partial charge in [0.2, 0.25) is 0 Å². The summed E-state index contributed by atoms with van der Waals surface area (Å²) >= 11 is 0. The number of halogens is 1. The number of benzene rings is 1. The van der Waals surface area contributed by atoms with Crippen molar-refractivity contribution in [2.24, 2.45) is 0 Å². The molecular formula is C12H11FO3. The van der Waals surface area contributed by atoms with Crippen LogP contribution in [0.5, 0.6) is 5.75 Å². The number of aliphatic carboxylic acids is 1. The molecule has 0 heterocycles. The van der Waals surface area contributed by atoms with Crippen molar-refractivity contribution < 1.29 is 19.0 Å². The maximum absolute atomic E-state index is 13.4. The largest absolute Gasteiger partial charge is 0.494 e. The zero-order chi connectivity index (χ0) is 12.0. The lowest BCUT2D eigenvalue weighted by molar-refractivity contribution is -0.135. The second-order valence-corrected chi connectivity index (χ2v) is 2.95. The number of hydrogen-bond donors (Lipinski definition) is 1. The fraction of sp³-hybridized carbons (Fsp3) is 0.250. The molecule has 0 radical (unpaired) electrons. The normalized spacial score (nSPS) is 9.12. The summed E-state index contributed by atoms with van der Waals surface area (Å²) in [6, 6.07) is 4.29. The number of carbonyl (C=O) groups is 1. The average molecular weight is 222 g/mol. The van der Waals surface area contributed by atoms with Crippen LogP contribution in [0.4, 0.5) is 4.39 Å². The fourth-order valence-electron chi connectivity index (χ4n) is 1.07. The third-order valence-corrected chi connectivity index (χ3v) is 1.71. The molecule has 0 amide bonds. The summed E-state index contributed by atoms with van der Waals surface area (Å²) in [4.78, 5) is 10.2. The van der Waals surface area contributed by atoms with Crippen LogP contribution in [0.15, 0.2) is 18.2 Å². The van der Waals surface area contributed by atoms with Gasteiger partial charge in [-0.3, -0.25) is 4.79 Å². The maximum Gasteiger partial charge on any atom is 0.315 e. The van der Waals surface area contributed by atoms with Gasteiger partial charge in [0.25, 0.3) is 0 Å². The molecule has 1 aromatic rings. The molecule has 0 saturated heterocycles. The van der Waals surface area contributed by atoms with Crippen LogP contribution in [-0.2, 0) is 4.79 Å². The van der Waals surface area contributed by atoms with E-state index in [1.54, 1.807) is 13.0 Å². The highest BCUT2D eigenvalue weighted by Crippen LogP contribution is 2.15. The van der Waals surface area contributed by atoms with E-state index >= 15 is 0 Å². The van der Waals surface area contributed by atoms with Crippen molar-refractivity contribution in [1.82, 2.24) is 0 Å². The molecule has 0 aromatic heterocycles. The SMILES string of the molecule is CCOc1ccc(C#CCC(=O)O)c(F)c1. The molecule has 0 unspecified atom stereocenters. The van der Waals surface area contributed by atoms with Gasteiger partial charge in [-0.05, 0) is 19.1 Å². The molecule has 84 valence electrons. The molecule has 0 spiro atoms. The van der Waals surface area contributed by atoms with Gasteiger partial charge in [-0.1, -0.05) is 11.8 Å². The van der Waals surface area contributed by atoms with Crippen molar-refractivity contribution in [3.63, 3.8) is 0 Å². The molecule has 1 aromatic carbocycles. The van der Waals surface area contributed by atoms with Crippen LogP contribution in [0.1, 0.15) is 18.9 Å². The lowest BCUT2D eigenvalue weighted by atomic mass is 10.2. The van der Waals surface area contributed by atoms with Gasteiger partial charge in [-0.2, -0.15) is 0 Å². The predicted molar refractivity (Wildman–Crippen MR) is 56.7 cm³/mol. The van der Waals surface area contributed by atoms with E-state index in [1.807, 2.05) is 0 Å². The first-order valence-electron chi connectivity index (χ1n) is 4.76. The lowest BCUT2D eigenvalue weighted by Crippen LogP contribution is -1.93. The first-order chi connectivity index (χ1) is 7.63. The Kier molecular flexibility index (Phi) is 4.34. The molecule has 4 heteroatoms. The van der Waals surface area contributed by atoms with Crippen molar-refractivity contribution in [3.05, 3.63) is 29.6 Å². The number of ether oxygens (including phenoxy) is 1. The van der Waals surface area contributed by atoms with Crippen LogP contribution < -0.4 is 4.74 Å². The molecule has 3 nitrogen and oxygen atoms in total. The van der Waals surface area contributed by atoms with Gasteiger partial charge in [-0.15, -0.1) is 0 Å². The summed E-state index contributed by atoms with van der Waals surface area (Å²) < 4.78 is 18.5. The van der Waals surface area contributed by atoms with Crippen molar-refractivity contribution in [3.8, 4) is 17.6 Å². The molecule has 0 aliphatic rings. The molecule has 16 heavy (non-hydrogen) atoms. The standard InChI is InChI=1S/C12H11FO3/c1-2-16-10-7-6-9(11(13)8-10)4-3-5-12(14)15/h6-8H,2,5H2,1H3,(H,14,15). The summed E-state index contributed by atoms with van der Waals surface area (Å²) in [5, 5.41) is 8.36. The molecule has 0 fully saturated rings. The third-order valence-electron chi connectivity index (χ3n) is 1.71. The van der Waals surface area contributed by atoms with Crippen molar-refractivity contribution in [2.75, 3.05) is 6.61 Å². The fourth-order valence-corrected chi connectivity index (χ4v) is 1.07. The predicted octanol–water partition coefficient (Wildman–Crippen LogP) is 2.05. The summed E-state index contributed by atoms with van der Waals surface area (Å²) in [5.74, 6) is 3.71. The smallest absolute Gasteiger partial charge is 0.315 e. The minimum atomic E-state index is -1.03. The molecular weight excluding hydrogens is 211 g/mol. The van der Waals surface area contributed by atoms with E-state index in [0.717, 1.165) is 0 Å². The van der Waals surface area contributed by atoms with Gasteiger partial charge in [0.1, 0.15) is 18.0 Å². The maximum atomic E-state index is 13.4. The van der Waals surface area contributed by atoms with Crippen LogP contribution in [-0.4, -0.2) is 17.7 Å². The van der Waals surface area contributed by atoms with E-state index in [-0.39, 0.29) is 12.0 Å². The van der Waals surface area contributed by atoms with E-state index < -0.39 is 11.8 Å². The highest BCUT2D eigenvalue weighted by molar-refractivity contribution is 5.70. The minimum absolute atomic E-state index is 0.171. The van der Waals surface area contributed by atoms with E-state index in [9.17, 15) is 9.18 Å². The van der Waals surface area contributed by atoms with Crippen LogP contribution in [0.25, 0.3) is 0 Å². The van der Waals surface area contributed by atoms with Gasteiger partial charge in [-0.25, -0.2) is 4.39 Å². The summed E-state index contributed by atoms with van der Waals surface area (Å²) in [6.45, 7) is 2.27. The van der Waals surface area contributed by atoms with Crippen molar-refractivity contribution in [1.29, 1.82) is 0 Å². The monoisotopic (exact) mass is 222 g/mol. The Labute approximate surface area is 92.9 Å². The Bertz CT molecular complexity index is 443. The number of hydrogen-bond acceptors (Lipinski definition) is 2. The van der Waals surface area contributed by atoms with E-state index in [0.29, 0.717) is 12.4 Å². The summed E-state index contributed by atoms with van der Waals surface area (Å²) in [7, 11) is 0. The number of carboxylic acids is 1. The van der Waals surface area contributed by atoms with Gasteiger partial charge < -0.3 is 9.84 Å². The molecule has 0 atom stereocenters. The molecule has 0 aliphatic carbocycles. The quantitative estimate of drug-likeness (QED) is 0.796. The second-order valence-electron chi connectivity index (χ2n) is 2.95. The second kappa shape index (κ2) is 5.76. The van der Waals surface area contributed by atoms with Crippen LogP contribution in [0.2, 0.25) is 0 Å². The lowest BCUT2D eigenvalue weighted by Gasteiger charge is -2.02. The number of carboxylic acid groups (broad SMARTS) is 1. The van der Waals surface area contributed by atoms with Crippen LogP contribution in [0, 0.1) is 17.7 Å². The third kappa shape index (κ3) is 3.62.